The molecule has 4 heteroatoms. The van der Waals surface area contributed by atoms with Gasteiger partial charge in [-0.05, 0) is 25.5 Å². The summed E-state index contributed by atoms with van der Waals surface area (Å²) in [7, 11) is 0. The molecule has 0 spiro atoms. The van der Waals surface area contributed by atoms with Crippen LogP contribution in [-0.4, -0.2) is 20.6 Å². The number of imidazole rings is 1. The van der Waals surface area contributed by atoms with Crippen LogP contribution in [0.2, 0.25) is 0 Å². The van der Waals surface area contributed by atoms with Crippen molar-refractivity contribution >= 4 is 11.2 Å². The number of pyridine rings is 1. The van der Waals surface area contributed by atoms with Crippen LogP contribution in [0.3, 0.4) is 0 Å². The van der Waals surface area contributed by atoms with E-state index in [1.807, 2.05) is 18.3 Å². The van der Waals surface area contributed by atoms with Gasteiger partial charge in [0.15, 0.2) is 5.65 Å². The molecule has 0 amide bonds. The topological polar surface area (TPSA) is 56.7 Å². The van der Waals surface area contributed by atoms with Crippen molar-refractivity contribution in [2.24, 2.45) is 5.73 Å². The van der Waals surface area contributed by atoms with Crippen molar-refractivity contribution in [2.45, 2.75) is 45.7 Å². The summed E-state index contributed by atoms with van der Waals surface area (Å²) in [6, 6.07) is 4.12. The first-order valence-corrected chi connectivity index (χ1v) is 6.32. The number of hydrogen-bond donors (Lipinski definition) is 1. The zero-order valence-corrected chi connectivity index (χ0v) is 10.6. The lowest BCUT2D eigenvalue weighted by Crippen LogP contribution is -2.24. The van der Waals surface area contributed by atoms with Gasteiger partial charge < -0.3 is 10.3 Å². The third-order valence-electron chi connectivity index (χ3n) is 3.00. The Hall–Kier alpha value is -1.42. The SMILES string of the molecule is CCCC(N)Cc1nc2cccnc2n1CC. The van der Waals surface area contributed by atoms with Crippen LogP contribution in [-0.2, 0) is 13.0 Å². The standard InChI is InChI=1S/C13H20N4/c1-3-6-10(14)9-12-16-11-7-5-8-15-13(11)17(12)4-2/h5,7-8,10H,3-4,6,9,14H2,1-2H3. The fraction of sp³-hybridized carbons (Fsp3) is 0.538. The number of hydrogen-bond acceptors (Lipinski definition) is 3. The van der Waals surface area contributed by atoms with E-state index < -0.39 is 0 Å². The Labute approximate surface area is 102 Å². The molecule has 2 heterocycles. The number of nitrogens with two attached hydrogens (primary N) is 1. The van der Waals surface area contributed by atoms with E-state index in [2.05, 4.69) is 28.4 Å². The molecule has 1 atom stereocenters. The van der Waals surface area contributed by atoms with Crippen molar-refractivity contribution in [2.75, 3.05) is 0 Å². The molecular formula is C13H20N4. The molecule has 2 aromatic rings. The summed E-state index contributed by atoms with van der Waals surface area (Å²) in [5.74, 6) is 1.06. The molecule has 2 aromatic heterocycles. The van der Waals surface area contributed by atoms with E-state index in [1.165, 1.54) is 0 Å². The minimum absolute atomic E-state index is 0.196. The van der Waals surface area contributed by atoms with Gasteiger partial charge >= 0.3 is 0 Å². The van der Waals surface area contributed by atoms with Crippen molar-refractivity contribution in [1.29, 1.82) is 0 Å². The Kier molecular flexibility index (Phi) is 3.74. The summed E-state index contributed by atoms with van der Waals surface area (Å²) in [5, 5.41) is 0. The Morgan fingerprint density at radius 3 is 2.94 bits per heavy atom. The highest BCUT2D eigenvalue weighted by atomic mass is 15.1. The molecule has 1 unspecified atom stereocenters. The first-order chi connectivity index (χ1) is 8.26. The Morgan fingerprint density at radius 2 is 2.24 bits per heavy atom. The third kappa shape index (κ3) is 2.47. The summed E-state index contributed by atoms with van der Waals surface area (Å²) < 4.78 is 2.16. The monoisotopic (exact) mass is 232 g/mol. The molecule has 2 N–H and O–H groups in total. The van der Waals surface area contributed by atoms with Crippen molar-refractivity contribution in [3.05, 3.63) is 24.2 Å². The van der Waals surface area contributed by atoms with Gasteiger partial charge in [-0.15, -0.1) is 0 Å². The van der Waals surface area contributed by atoms with Gasteiger partial charge in [-0.3, -0.25) is 0 Å². The lowest BCUT2D eigenvalue weighted by atomic mass is 10.1. The Morgan fingerprint density at radius 1 is 1.41 bits per heavy atom. The van der Waals surface area contributed by atoms with Gasteiger partial charge in [0.2, 0.25) is 0 Å². The van der Waals surface area contributed by atoms with E-state index in [9.17, 15) is 0 Å². The van der Waals surface area contributed by atoms with Gasteiger partial charge in [0, 0.05) is 25.2 Å². The first kappa shape index (κ1) is 12.0. The molecule has 17 heavy (non-hydrogen) atoms. The summed E-state index contributed by atoms with van der Waals surface area (Å²) in [5.41, 5.74) is 8.02. The summed E-state index contributed by atoms with van der Waals surface area (Å²) >= 11 is 0. The van der Waals surface area contributed by atoms with Crippen molar-refractivity contribution in [1.82, 2.24) is 14.5 Å². The normalized spacial score (nSPS) is 13.1. The van der Waals surface area contributed by atoms with Crippen LogP contribution in [0.1, 0.15) is 32.5 Å². The van der Waals surface area contributed by atoms with Crippen molar-refractivity contribution < 1.29 is 0 Å². The second-order valence-electron chi connectivity index (χ2n) is 4.37. The average Bonchev–Trinajstić information content (AvgIpc) is 2.66. The quantitative estimate of drug-likeness (QED) is 0.859. The predicted octanol–water partition coefficient (Wildman–Crippen LogP) is 2.12. The zero-order valence-electron chi connectivity index (χ0n) is 10.6. The first-order valence-electron chi connectivity index (χ1n) is 6.32. The van der Waals surface area contributed by atoms with Crippen molar-refractivity contribution in [3.63, 3.8) is 0 Å². The van der Waals surface area contributed by atoms with Gasteiger partial charge in [0.25, 0.3) is 0 Å². The number of aryl methyl sites for hydroxylation is 1. The van der Waals surface area contributed by atoms with E-state index >= 15 is 0 Å². The van der Waals surface area contributed by atoms with Crippen LogP contribution in [0.25, 0.3) is 11.2 Å². The fourth-order valence-corrected chi connectivity index (χ4v) is 2.20. The maximum atomic E-state index is 6.09. The van der Waals surface area contributed by atoms with Crippen LogP contribution >= 0.6 is 0 Å². The van der Waals surface area contributed by atoms with Crippen LogP contribution in [0.15, 0.2) is 18.3 Å². The largest absolute Gasteiger partial charge is 0.327 e. The van der Waals surface area contributed by atoms with Crippen LogP contribution in [0.5, 0.6) is 0 Å². The van der Waals surface area contributed by atoms with E-state index in [4.69, 9.17) is 5.73 Å². The van der Waals surface area contributed by atoms with Gasteiger partial charge in [-0.2, -0.15) is 0 Å². The molecule has 2 rings (SSSR count). The van der Waals surface area contributed by atoms with Crippen LogP contribution in [0, 0.1) is 0 Å². The molecule has 0 aliphatic carbocycles. The van der Waals surface area contributed by atoms with Gasteiger partial charge in [0.05, 0.1) is 0 Å². The number of fused-ring (bicyclic) bond motifs is 1. The molecule has 4 nitrogen and oxygen atoms in total. The zero-order chi connectivity index (χ0) is 12.3. The van der Waals surface area contributed by atoms with Crippen molar-refractivity contribution in [3.8, 4) is 0 Å². The summed E-state index contributed by atoms with van der Waals surface area (Å²) in [4.78, 5) is 9.01. The van der Waals surface area contributed by atoms with Gasteiger partial charge in [-0.1, -0.05) is 13.3 Å². The highest BCUT2D eigenvalue weighted by Gasteiger charge is 2.12. The smallest absolute Gasteiger partial charge is 0.159 e. The van der Waals surface area contributed by atoms with Crippen LogP contribution in [0.4, 0.5) is 0 Å². The second-order valence-corrected chi connectivity index (χ2v) is 4.37. The van der Waals surface area contributed by atoms with E-state index in [0.29, 0.717) is 0 Å². The second kappa shape index (κ2) is 5.27. The maximum absolute atomic E-state index is 6.09. The van der Waals surface area contributed by atoms with E-state index in [0.717, 1.165) is 42.8 Å². The molecule has 0 saturated carbocycles. The molecule has 0 aromatic carbocycles. The minimum Gasteiger partial charge on any atom is -0.327 e. The maximum Gasteiger partial charge on any atom is 0.159 e. The minimum atomic E-state index is 0.196. The molecule has 0 fully saturated rings. The summed E-state index contributed by atoms with van der Waals surface area (Å²) in [6.45, 7) is 5.16. The Bertz CT molecular complexity index is 489. The molecule has 0 aliphatic rings. The van der Waals surface area contributed by atoms with E-state index in [1.54, 1.807) is 0 Å². The molecule has 0 aliphatic heterocycles. The highest BCUT2D eigenvalue weighted by molar-refractivity contribution is 5.71. The molecular weight excluding hydrogens is 212 g/mol. The lowest BCUT2D eigenvalue weighted by Gasteiger charge is -2.10. The van der Waals surface area contributed by atoms with Gasteiger partial charge in [0.1, 0.15) is 11.3 Å². The Balaban J connectivity index is 2.33. The van der Waals surface area contributed by atoms with E-state index in [-0.39, 0.29) is 6.04 Å². The fourth-order valence-electron chi connectivity index (χ4n) is 2.20. The summed E-state index contributed by atoms with van der Waals surface area (Å²) in [6.07, 6.45) is 4.80. The average molecular weight is 232 g/mol. The number of aromatic nitrogens is 3. The predicted molar refractivity (Wildman–Crippen MR) is 69.8 cm³/mol. The molecule has 0 saturated heterocycles. The number of rotatable bonds is 5. The molecule has 92 valence electrons. The molecule has 0 radical (unpaired) electrons. The molecule has 0 bridgehead atoms. The highest BCUT2D eigenvalue weighted by Crippen LogP contribution is 2.15. The number of nitrogens with zero attached hydrogens (tertiary/aromatic N) is 3. The lowest BCUT2D eigenvalue weighted by molar-refractivity contribution is 0.566. The van der Waals surface area contributed by atoms with Crippen LogP contribution < -0.4 is 5.73 Å². The van der Waals surface area contributed by atoms with Gasteiger partial charge in [-0.25, -0.2) is 9.97 Å². The third-order valence-corrected chi connectivity index (χ3v) is 3.00.